The van der Waals surface area contributed by atoms with E-state index in [-0.39, 0.29) is 5.78 Å². The monoisotopic (exact) mass is 402 g/mol. The number of H-pyrrole nitrogens is 1. The van der Waals surface area contributed by atoms with Crippen LogP contribution in [0.5, 0.6) is 5.88 Å². The number of carbonyl (C=O) groups is 1. The van der Waals surface area contributed by atoms with E-state index >= 15 is 0 Å². The third-order valence-electron chi connectivity index (χ3n) is 5.34. The number of fused-ring (bicyclic) bond motifs is 1. The second-order valence-corrected chi connectivity index (χ2v) is 7.48. The molecule has 0 spiro atoms. The number of imidazole rings is 1. The second-order valence-electron chi connectivity index (χ2n) is 7.48. The Hall–Kier alpha value is -3.28. The van der Waals surface area contributed by atoms with Gasteiger partial charge in [0.1, 0.15) is 5.82 Å². The number of Topliss-reactive ketones (excluding diaryl/α,β-unsaturated/α-hetero) is 1. The van der Waals surface area contributed by atoms with E-state index in [2.05, 4.69) is 26.0 Å². The molecule has 0 aliphatic carbocycles. The average molecular weight is 402 g/mol. The fourth-order valence-electron chi connectivity index (χ4n) is 3.69. The molecule has 0 bridgehead atoms. The zero-order valence-electron chi connectivity index (χ0n) is 17.2. The van der Waals surface area contributed by atoms with Crippen LogP contribution < -0.4 is 4.74 Å². The topological polar surface area (TPSA) is 80.2 Å². The molecule has 6 heteroatoms. The highest BCUT2D eigenvalue weighted by Gasteiger charge is 2.13. The smallest absolute Gasteiger partial charge is 0.223 e. The van der Waals surface area contributed by atoms with Crippen molar-refractivity contribution in [3.8, 4) is 17.1 Å². The van der Waals surface area contributed by atoms with Crippen LogP contribution in [0.25, 0.3) is 22.2 Å². The molecule has 4 rings (SSSR count). The van der Waals surface area contributed by atoms with Crippen molar-refractivity contribution < 1.29 is 9.53 Å². The number of ether oxygens (including phenoxy) is 1. The molecule has 1 N–H and O–H groups in total. The van der Waals surface area contributed by atoms with E-state index in [4.69, 9.17) is 4.74 Å². The van der Waals surface area contributed by atoms with Crippen LogP contribution in [-0.2, 0) is 11.2 Å². The summed E-state index contributed by atoms with van der Waals surface area (Å²) >= 11 is 0. The fraction of sp³-hybridized carbons (Fsp3) is 0.333. The van der Waals surface area contributed by atoms with Crippen LogP contribution in [0.1, 0.15) is 44.3 Å². The highest BCUT2D eigenvalue weighted by molar-refractivity contribution is 6.40. The third kappa shape index (κ3) is 4.64. The van der Waals surface area contributed by atoms with E-state index in [9.17, 15) is 4.79 Å². The van der Waals surface area contributed by atoms with Crippen LogP contribution in [0.3, 0.4) is 0 Å². The normalized spacial score (nSPS) is 13.0. The SMILES string of the molecule is COc1nc2ccccc2cc1-c1cnc(CCCCCCC(=O)C2=NC=CC2)[nH]1. The Bertz CT molecular complexity index is 1100. The summed E-state index contributed by atoms with van der Waals surface area (Å²) in [6.45, 7) is 0. The van der Waals surface area contributed by atoms with Crippen LogP contribution in [0.4, 0.5) is 0 Å². The molecule has 3 aromatic rings. The molecule has 0 amide bonds. The first-order chi connectivity index (χ1) is 14.7. The molecule has 0 fully saturated rings. The Morgan fingerprint density at radius 1 is 1.17 bits per heavy atom. The van der Waals surface area contributed by atoms with Crippen LogP contribution in [0.15, 0.2) is 53.8 Å². The zero-order valence-corrected chi connectivity index (χ0v) is 17.2. The molecule has 2 aromatic heterocycles. The molecule has 6 nitrogen and oxygen atoms in total. The van der Waals surface area contributed by atoms with Gasteiger partial charge in [0.25, 0.3) is 0 Å². The molecular weight excluding hydrogens is 376 g/mol. The average Bonchev–Trinajstić information content (AvgIpc) is 3.47. The van der Waals surface area contributed by atoms with E-state index < -0.39 is 0 Å². The van der Waals surface area contributed by atoms with Crippen LogP contribution >= 0.6 is 0 Å². The van der Waals surface area contributed by atoms with Gasteiger partial charge >= 0.3 is 0 Å². The van der Waals surface area contributed by atoms with Gasteiger partial charge < -0.3 is 9.72 Å². The number of aromatic amines is 1. The van der Waals surface area contributed by atoms with E-state index in [1.807, 2.05) is 36.5 Å². The largest absolute Gasteiger partial charge is 0.480 e. The zero-order chi connectivity index (χ0) is 20.8. The number of aliphatic imine (C=N–C) groups is 1. The number of nitrogens with one attached hydrogen (secondary N) is 1. The van der Waals surface area contributed by atoms with Crippen molar-refractivity contribution in [1.29, 1.82) is 0 Å². The Labute approximate surface area is 176 Å². The van der Waals surface area contributed by atoms with E-state index in [1.165, 1.54) is 0 Å². The number of nitrogens with zero attached hydrogens (tertiary/aromatic N) is 3. The van der Waals surface area contributed by atoms with E-state index in [0.717, 1.165) is 60.1 Å². The summed E-state index contributed by atoms with van der Waals surface area (Å²) in [4.78, 5) is 28.6. The number of methoxy groups -OCH3 is 1. The Kier molecular flexibility index (Phi) is 6.32. The molecule has 0 unspecified atom stereocenters. The number of aromatic nitrogens is 3. The van der Waals surface area contributed by atoms with Gasteiger partial charge in [0, 0.05) is 30.8 Å². The molecule has 154 valence electrons. The minimum Gasteiger partial charge on any atom is -0.480 e. The molecule has 1 aliphatic rings. The number of rotatable bonds is 10. The van der Waals surface area contributed by atoms with Crippen molar-refractivity contribution in [3.05, 3.63) is 54.6 Å². The lowest BCUT2D eigenvalue weighted by Gasteiger charge is -2.07. The molecule has 0 saturated carbocycles. The summed E-state index contributed by atoms with van der Waals surface area (Å²) in [6.07, 6.45) is 11.7. The summed E-state index contributed by atoms with van der Waals surface area (Å²) in [7, 11) is 1.64. The van der Waals surface area contributed by atoms with Crippen molar-refractivity contribution in [3.63, 3.8) is 0 Å². The Morgan fingerprint density at radius 2 is 2.03 bits per heavy atom. The highest BCUT2D eigenvalue weighted by atomic mass is 16.5. The van der Waals surface area contributed by atoms with Gasteiger partial charge in [-0.15, -0.1) is 0 Å². The van der Waals surface area contributed by atoms with Crippen molar-refractivity contribution in [1.82, 2.24) is 15.0 Å². The third-order valence-corrected chi connectivity index (χ3v) is 5.34. The van der Waals surface area contributed by atoms with Crippen LogP contribution in [0.2, 0.25) is 0 Å². The number of hydrogen-bond acceptors (Lipinski definition) is 5. The minimum absolute atomic E-state index is 0.189. The lowest BCUT2D eigenvalue weighted by atomic mass is 10.1. The molecule has 0 saturated heterocycles. The lowest BCUT2D eigenvalue weighted by Crippen LogP contribution is -2.10. The number of ketones is 1. The Morgan fingerprint density at radius 3 is 2.87 bits per heavy atom. The summed E-state index contributed by atoms with van der Waals surface area (Å²) < 4.78 is 5.50. The second kappa shape index (κ2) is 9.48. The van der Waals surface area contributed by atoms with Gasteiger partial charge in [-0.3, -0.25) is 9.79 Å². The molecule has 3 heterocycles. The van der Waals surface area contributed by atoms with Gasteiger partial charge in [0.15, 0.2) is 5.78 Å². The summed E-state index contributed by atoms with van der Waals surface area (Å²) in [5, 5.41) is 1.07. The summed E-state index contributed by atoms with van der Waals surface area (Å²) in [6, 6.07) is 10.1. The fourth-order valence-corrected chi connectivity index (χ4v) is 3.69. The van der Waals surface area contributed by atoms with Crippen LogP contribution in [-0.4, -0.2) is 33.6 Å². The molecule has 0 radical (unpaired) electrons. The highest BCUT2D eigenvalue weighted by Crippen LogP contribution is 2.30. The van der Waals surface area contributed by atoms with Gasteiger partial charge in [-0.2, -0.15) is 0 Å². The first-order valence-electron chi connectivity index (χ1n) is 10.5. The number of allylic oxidation sites excluding steroid dienone is 1. The van der Waals surface area contributed by atoms with Crippen molar-refractivity contribution in [2.24, 2.45) is 4.99 Å². The van der Waals surface area contributed by atoms with Gasteiger partial charge in [0.2, 0.25) is 5.88 Å². The number of benzene rings is 1. The molecule has 0 atom stereocenters. The van der Waals surface area contributed by atoms with Gasteiger partial charge in [-0.1, -0.05) is 37.1 Å². The van der Waals surface area contributed by atoms with Crippen molar-refractivity contribution in [2.45, 2.75) is 44.9 Å². The molecule has 1 aromatic carbocycles. The molecule has 1 aliphatic heterocycles. The standard InChI is InChI=1S/C24H26N4O2/c1-30-24-18(15-17-9-6-7-10-19(17)28-24)21-16-26-23(27-21)13-5-3-2-4-12-22(29)20-11-8-14-25-20/h6-10,14-16H,2-5,11-13H2,1H3,(H,26,27). The Balaban J connectivity index is 1.28. The van der Waals surface area contributed by atoms with E-state index in [0.29, 0.717) is 24.4 Å². The molecular formula is C24H26N4O2. The van der Waals surface area contributed by atoms with Crippen molar-refractivity contribution >= 4 is 22.4 Å². The van der Waals surface area contributed by atoms with Gasteiger partial charge in [-0.05, 0) is 25.0 Å². The molecule has 30 heavy (non-hydrogen) atoms. The maximum absolute atomic E-state index is 12.0. The number of pyridine rings is 1. The quantitative estimate of drug-likeness (QED) is 0.481. The number of unbranched alkanes of at least 4 members (excludes halogenated alkanes) is 3. The predicted octanol–water partition coefficient (Wildman–Crippen LogP) is 5.05. The van der Waals surface area contributed by atoms with Gasteiger partial charge in [-0.25, -0.2) is 9.97 Å². The summed E-state index contributed by atoms with van der Waals surface area (Å²) in [5.74, 6) is 1.74. The van der Waals surface area contributed by atoms with Crippen molar-refractivity contribution in [2.75, 3.05) is 7.11 Å². The van der Waals surface area contributed by atoms with Crippen LogP contribution in [0, 0.1) is 0 Å². The first kappa shape index (κ1) is 20.0. The minimum atomic E-state index is 0.189. The lowest BCUT2D eigenvalue weighted by molar-refractivity contribution is -0.113. The van der Waals surface area contributed by atoms with Gasteiger partial charge in [0.05, 0.1) is 35.8 Å². The van der Waals surface area contributed by atoms with E-state index in [1.54, 1.807) is 13.3 Å². The first-order valence-corrected chi connectivity index (χ1v) is 10.5. The maximum Gasteiger partial charge on any atom is 0.223 e. The number of hydrogen-bond donors (Lipinski definition) is 1. The summed E-state index contributed by atoms with van der Waals surface area (Å²) in [5.41, 5.74) is 3.44. The predicted molar refractivity (Wildman–Crippen MR) is 119 cm³/mol. The maximum atomic E-state index is 12.0. The number of para-hydroxylation sites is 1. The number of carbonyl (C=O) groups excluding carboxylic acids is 1. The number of aryl methyl sites for hydroxylation is 1.